The van der Waals surface area contributed by atoms with Gasteiger partial charge < -0.3 is 4.74 Å². The van der Waals surface area contributed by atoms with Crippen LogP contribution >= 0.6 is 0 Å². The van der Waals surface area contributed by atoms with E-state index in [1.165, 1.54) is 0 Å². The van der Waals surface area contributed by atoms with Gasteiger partial charge in [-0.05, 0) is 31.9 Å². The number of rotatable bonds is 3. The molecule has 0 aliphatic carbocycles. The van der Waals surface area contributed by atoms with Gasteiger partial charge in [0, 0.05) is 0 Å². The zero-order valence-electron chi connectivity index (χ0n) is 8.91. The molecule has 0 saturated heterocycles. The van der Waals surface area contributed by atoms with Crippen molar-refractivity contribution >= 4 is 5.97 Å². The fourth-order valence-electron chi connectivity index (χ4n) is 1.47. The van der Waals surface area contributed by atoms with E-state index in [9.17, 15) is 4.79 Å². The quantitative estimate of drug-likeness (QED) is 0.688. The van der Waals surface area contributed by atoms with E-state index in [0.717, 1.165) is 11.1 Å². The lowest BCUT2D eigenvalue weighted by Gasteiger charge is -2.12. The maximum atomic E-state index is 11.5. The number of esters is 1. The Morgan fingerprint density at radius 1 is 1.43 bits per heavy atom. The lowest BCUT2D eigenvalue weighted by molar-refractivity contribution is -0.144. The molecule has 14 heavy (non-hydrogen) atoms. The van der Waals surface area contributed by atoms with E-state index in [-0.39, 0.29) is 11.9 Å². The standard InChI is InChI=1S/C12H16O2/c1-4-14-12(13)10(3)11-8-6-5-7-9(11)2/h5-8,10H,4H2,1-3H3/t10-/m0/s1. The first-order valence-electron chi connectivity index (χ1n) is 4.89. The normalized spacial score (nSPS) is 12.2. The molecule has 0 aliphatic heterocycles. The SMILES string of the molecule is CCOC(=O)[C@@H](C)c1ccccc1C. The second kappa shape index (κ2) is 4.80. The van der Waals surface area contributed by atoms with Crippen molar-refractivity contribution in [3.8, 4) is 0 Å². The molecule has 0 bridgehead atoms. The fraction of sp³-hybridized carbons (Fsp3) is 0.417. The summed E-state index contributed by atoms with van der Waals surface area (Å²) in [7, 11) is 0. The highest BCUT2D eigenvalue weighted by Crippen LogP contribution is 2.20. The summed E-state index contributed by atoms with van der Waals surface area (Å²) in [5.74, 6) is -0.321. The van der Waals surface area contributed by atoms with Gasteiger partial charge in [0.15, 0.2) is 0 Å². The van der Waals surface area contributed by atoms with Crippen LogP contribution in [0.4, 0.5) is 0 Å². The third-order valence-electron chi connectivity index (χ3n) is 2.30. The van der Waals surface area contributed by atoms with E-state index in [2.05, 4.69) is 0 Å². The molecule has 0 amide bonds. The molecule has 0 saturated carbocycles. The fourth-order valence-corrected chi connectivity index (χ4v) is 1.47. The molecule has 0 N–H and O–H groups in total. The number of carbonyl (C=O) groups excluding carboxylic acids is 1. The summed E-state index contributed by atoms with van der Waals surface area (Å²) >= 11 is 0. The summed E-state index contributed by atoms with van der Waals surface area (Å²) in [6.07, 6.45) is 0. The maximum absolute atomic E-state index is 11.5. The zero-order valence-corrected chi connectivity index (χ0v) is 8.91. The van der Waals surface area contributed by atoms with Gasteiger partial charge in [0.25, 0.3) is 0 Å². The Bertz CT molecular complexity index is 318. The van der Waals surface area contributed by atoms with Crippen molar-refractivity contribution in [3.63, 3.8) is 0 Å². The van der Waals surface area contributed by atoms with E-state index in [0.29, 0.717) is 6.61 Å². The first-order valence-corrected chi connectivity index (χ1v) is 4.89. The Labute approximate surface area is 84.9 Å². The number of benzene rings is 1. The molecular formula is C12H16O2. The van der Waals surface area contributed by atoms with Crippen LogP contribution in [-0.4, -0.2) is 12.6 Å². The van der Waals surface area contributed by atoms with E-state index >= 15 is 0 Å². The van der Waals surface area contributed by atoms with Crippen molar-refractivity contribution in [2.24, 2.45) is 0 Å². The number of carbonyl (C=O) groups is 1. The van der Waals surface area contributed by atoms with Crippen LogP contribution in [0, 0.1) is 6.92 Å². The predicted octanol–water partition coefficient (Wildman–Crippen LogP) is 2.66. The summed E-state index contributed by atoms with van der Waals surface area (Å²) in [5, 5.41) is 0. The number of aryl methyl sites for hydroxylation is 1. The Kier molecular flexibility index (Phi) is 3.69. The van der Waals surface area contributed by atoms with Gasteiger partial charge in [0.05, 0.1) is 12.5 Å². The summed E-state index contributed by atoms with van der Waals surface area (Å²) in [5.41, 5.74) is 2.18. The lowest BCUT2D eigenvalue weighted by atomic mass is 9.97. The molecule has 0 radical (unpaired) electrons. The van der Waals surface area contributed by atoms with Crippen molar-refractivity contribution in [1.82, 2.24) is 0 Å². The lowest BCUT2D eigenvalue weighted by Crippen LogP contribution is -2.13. The molecule has 2 heteroatoms. The maximum Gasteiger partial charge on any atom is 0.313 e. The summed E-state index contributed by atoms with van der Waals surface area (Å²) in [6.45, 7) is 6.14. The van der Waals surface area contributed by atoms with Gasteiger partial charge in [0.2, 0.25) is 0 Å². The van der Waals surface area contributed by atoms with Gasteiger partial charge >= 0.3 is 5.97 Å². The van der Waals surface area contributed by atoms with Crippen molar-refractivity contribution in [2.75, 3.05) is 6.61 Å². The van der Waals surface area contributed by atoms with E-state index < -0.39 is 0 Å². The monoisotopic (exact) mass is 192 g/mol. The van der Waals surface area contributed by atoms with Gasteiger partial charge in [-0.2, -0.15) is 0 Å². The predicted molar refractivity (Wildman–Crippen MR) is 56.2 cm³/mol. The number of ether oxygens (including phenoxy) is 1. The van der Waals surface area contributed by atoms with Crippen molar-refractivity contribution in [1.29, 1.82) is 0 Å². The van der Waals surface area contributed by atoms with Gasteiger partial charge in [-0.15, -0.1) is 0 Å². The molecule has 0 aromatic heterocycles. The third kappa shape index (κ3) is 2.34. The second-order valence-corrected chi connectivity index (χ2v) is 3.33. The molecule has 0 heterocycles. The highest BCUT2D eigenvalue weighted by Gasteiger charge is 2.17. The molecule has 2 nitrogen and oxygen atoms in total. The summed E-state index contributed by atoms with van der Waals surface area (Å²) in [4.78, 5) is 11.5. The van der Waals surface area contributed by atoms with Crippen LogP contribution in [0.2, 0.25) is 0 Å². The summed E-state index contributed by atoms with van der Waals surface area (Å²) < 4.78 is 4.97. The average molecular weight is 192 g/mol. The second-order valence-electron chi connectivity index (χ2n) is 3.33. The molecule has 0 fully saturated rings. The Morgan fingerprint density at radius 2 is 2.07 bits per heavy atom. The molecule has 0 spiro atoms. The first-order chi connectivity index (χ1) is 6.66. The largest absolute Gasteiger partial charge is 0.466 e. The third-order valence-corrected chi connectivity index (χ3v) is 2.30. The van der Waals surface area contributed by atoms with Crippen LogP contribution in [0.5, 0.6) is 0 Å². The van der Waals surface area contributed by atoms with Crippen LogP contribution in [0.15, 0.2) is 24.3 Å². The molecular weight excluding hydrogens is 176 g/mol. The number of hydrogen-bond acceptors (Lipinski definition) is 2. The highest BCUT2D eigenvalue weighted by atomic mass is 16.5. The molecule has 0 aliphatic rings. The molecule has 1 atom stereocenters. The van der Waals surface area contributed by atoms with E-state index in [1.54, 1.807) is 0 Å². The van der Waals surface area contributed by atoms with Crippen molar-refractivity contribution in [3.05, 3.63) is 35.4 Å². The van der Waals surface area contributed by atoms with Crippen LogP contribution < -0.4 is 0 Å². The number of hydrogen-bond donors (Lipinski definition) is 0. The van der Waals surface area contributed by atoms with Gasteiger partial charge in [-0.1, -0.05) is 24.3 Å². The van der Waals surface area contributed by atoms with Crippen molar-refractivity contribution in [2.45, 2.75) is 26.7 Å². The van der Waals surface area contributed by atoms with E-state index in [1.807, 2.05) is 45.0 Å². The molecule has 1 rings (SSSR count). The van der Waals surface area contributed by atoms with E-state index in [4.69, 9.17) is 4.74 Å². The zero-order chi connectivity index (χ0) is 10.6. The van der Waals surface area contributed by atoms with Crippen molar-refractivity contribution < 1.29 is 9.53 Å². The minimum Gasteiger partial charge on any atom is -0.466 e. The minimum atomic E-state index is -0.170. The van der Waals surface area contributed by atoms with Gasteiger partial charge in [0.1, 0.15) is 0 Å². The topological polar surface area (TPSA) is 26.3 Å². The van der Waals surface area contributed by atoms with Gasteiger partial charge in [-0.25, -0.2) is 0 Å². The summed E-state index contributed by atoms with van der Waals surface area (Å²) in [6, 6.07) is 7.89. The van der Waals surface area contributed by atoms with Gasteiger partial charge in [-0.3, -0.25) is 4.79 Å². The smallest absolute Gasteiger partial charge is 0.313 e. The van der Waals surface area contributed by atoms with Crippen LogP contribution in [0.1, 0.15) is 30.9 Å². The highest BCUT2D eigenvalue weighted by molar-refractivity contribution is 5.78. The Morgan fingerprint density at radius 3 is 2.64 bits per heavy atom. The first kappa shape index (κ1) is 10.8. The Hall–Kier alpha value is -1.31. The van der Waals surface area contributed by atoms with Crippen LogP contribution in [0.3, 0.4) is 0 Å². The average Bonchev–Trinajstić information content (AvgIpc) is 2.18. The van der Waals surface area contributed by atoms with Crippen LogP contribution in [0.25, 0.3) is 0 Å². The molecule has 1 aromatic rings. The minimum absolute atomic E-state index is 0.151. The van der Waals surface area contributed by atoms with Crippen LogP contribution in [-0.2, 0) is 9.53 Å². The molecule has 0 unspecified atom stereocenters. The molecule has 1 aromatic carbocycles. The Balaban J connectivity index is 2.84. The molecule has 76 valence electrons.